The summed E-state index contributed by atoms with van der Waals surface area (Å²) in [4.78, 5) is 22.3. The number of ether oxygens (including phenoxy) is 1. The summed E-state index contributed by atoms with van der Waals surface area (Å²) in [6, 6.07) is -0.783. The van der Waals surface area contributed by atoms with E-state index in [0.29, 0.717) is 11.6 Å². The molecule has 4 unspecified atom stereocenters. The lowest BCUT2D eigenvalue weighted by Gasteiger charge is -2.18. The van der Waals surface area contributed by atoms with Gasteiger partial charge in [-0.1, -0.05) is 0 Å². The number of hydrogen-bond acceptors (Lipinski definition) is 5. The van der Waals surface area contributed by atoms with Crippen molar-refractivity contribution in [2.45, 2.75) is 26.1 Å². The minimum absolute atomic E-state index is 0.137. The number of amidine groups is 1. The Morgan fingerprint density at radius 3 is 2.73 bits per heavy atom. The second kappa shape index (κ2) is 5.84. The van der Waals surface area contributed by atoms with Crippen molar-refractivity contribution in [1.29, 1.82) is 0 Å². The SMILES string of the molecule is CC=C(OP(O)(=S)OC)C1C(OC)[N+]12C=C(C)C(=[NH2+])NC2=O. The van der Waals surface area contributed by atoms with Crippen molar-refractivity contribution in [2.75, 3.05) is 14.2 Å². The van der Waals surface area contributed by atoms with Gasteiger partial charge in [-0.25, -0.2) is 0 Å². The highest BCUT2D eigenvalue weighted by Crippen LogP contribution is 2.53. The first-order valence-corrected chi connectivity index (χ1v) is 9.11. The van der Waals surface area contributed by atoms with Gasteiger partial charge in [-0.3, -0.25) is 5.41 Å². The summed E-state index contributed by atoms with van der Waals surface area (Å²) in [5.74, 6) is 0.653. The maximum Gasteiger partial charge on any atom is 0.516 e. The summed E-state index contributed by atoms with van der Waals surface area (Å²) in [6.07, 6.45) is 2.87. The van der Waals surface area contributed by atoms with E-state index in [-0.39, 0.29) is 10.5 Å². The quantitative estimate of drug-likeness (QED) is 0.273. The Balaban J connectivity index is 2.38. The fourth-order valence-corrected chi connectivity index (χ4v) is 3.40. The fraction of sp³-hybridized carbons (Fsp3) is 0.500. The second-order valence-electron chi connectivity index (χ2n) is 5.00. The van der Waals surface area contributed by atoms with Gasteiger partial charge >= 0.3 is 12.7 Å². The molecule has 1 spiro atoms. The molecule has 1 fully saturated rings. The zero-order valence-electron chi connectivity index (χ0n) is 12.8. The molecule has 4 atom stereocenters. The number of rotatable bonds is 5. The molecule has 2 rings (SSSR count). The zero-order chi connectivity index (χ0) is 16.7. The number of quaternary nitrogens is 1. The van der Waals surface area contributed by atoms with Gasteiger partial charge in [-0.05, 0) is 19.9 Å². The number of urea groups is 1. The van der Waals surface area contributed by atoms with Crippen molar-refractivity contribution in [2.24, 2.45) is 0 Å². The average molecular weight is 349 g/mol. The molecule has 4 N–H and O–H groups in total. The van der Waals surface area contributed by atoms with Crippen LogP contribution in [0.15, 0.2) is 23.6 Å². The molecule has 2 heterocycles. The zero-order valence-corrected chi connectivity index (χ0v) is 14.5. The van der Waals surface area contributed by atoms with Gasteiger partial charge in [0.05, 0.1) is 5.57 Å². The molecule has 0 bridgehead atoms. The first-order valence-electron chi connectivity index (χ1n) is 6.52. The Morgan fingerprint density at radius 1 is 1.59 bits per heavy atom. The molecule has 8 nitrogen and oxygen atoms in total. The van der Waals surface area contributed by atoms with Crippen molar-refractivity contribution >= 4 is 30.4 Å². The lowest BCUT2D eigenvalue weighted by Crippen LogP contribution is -2.59. The predicted molar refractivity (Wildman–Crippen MR) is 82.4 cm³/mol. The molecule has 2 amide bonds. The molecule has 1 saturated heterocycles. The van der Waals surface area contributed by atoms with Crippen LogP contribution in [0.25, 0.3) is 0 Å². The number of allylic oxidation sites excluding steroid dienone is 1. The summed E-state index contributed by atoms with van der Waals surface area (Å²) >= 11 is 4.86. The summed E-state index contributed by atoms with van der Waals surface area (Å²) < 4.78 is 15.5. The van der Waals surface area contributed by atoms with E-state index in [1.165, 1.54) is 14.2 Å². The van der Waals surface area contributed by atoms with Gasteiger partial charge in [0.2, 0.25) is 6.04 Å². The smallest absolute Gasteiger partial charge is 0.422 e. The standard InChI is InChI=1S/C12H18N3O5PS/c1-5-8(20-21(17,22)19-4)9-11(18-3)15(9)6-7(2)10(13)14-12(15)16/h5-6,9,11H,1-4H3,(H2-,13,14,16,17,22)/p+2. The summed E-state index contributed by atoms with van der Waals surface area (Å²) in [6.45, 7) is 0.119. The summed E-state index contributed by atoms with van der Waals surface area (Å²) in [7, 11) is 2.77. The third kappa shape index (κ3) is 2.64. The Morgan fingerprint density at radius 2 is 2.23 bits per heavy atom. The van der Waals surface area contributed by atoms with Crippen molar-refractivity contribution in [1.82, 2.24) is 5.32 Å². The maximum atomic E-state index is 12.4. The summed E-state index contributed by atoms with van der Waals surface area (Å²) in [5, 5.41) is 8.35. The molecule has 0 radical (unpaired) electrons. The molecule has 2 aliphatic heterocycles. The van der Waals surface area contributed by atoms with Gasteiger partial charge in [0.25, 0.3) is 12.1 Å². The van der Waals surface area contributed by atoms with Gasteiger partial charge in [0, 0.05) is 26.0 Å². The number of nitrogens with zero attached hydrogens (tertiary/aromatic N) is 1. The molecule has 0 aromatic heterocycles. The van der Waals surface area contributed by atoms with E-state index in [2.05, 4.69) is 5.32 Å². The Kier molecular flexibility index (Phi) is 4.59. The number of nitrogens with one attached hydrogen (secondary N) is 1. The van der Waals surface area contributed by atoms with Crippen LogP contribution in [0.3, 0.4) is 0 Å². The minimum Gasteiger partial charge on any atom is -0.422 e. The van der Waals surface area contributed by atoms with Crippen LogP contribution in [0, 0.1) is 0 Å². The van der Waals surface area contributed by atoms with Crippen LogP contribution in [-0.4, -0.2) is 47.7 Å². The third-order valence-corrected chi connectivity index (χ3v) is 5.33. The van der Waals surface area contributed by atoms with Crippen molar-refractivity contribution in [3.8, 4) is 0 Å². The van der Waals surface area contributed by atoms with Gasteiger partial charge in [0.1, 0.15) is 6.20 Å². The fourth-order valence-electron chi connectivity index (χ4n) is 2.58. The van der Waals surface area contributed by atoms with Crippen LogP contribution in [0.4, 0.5) is 4.79 Å². The number of nitrogens with two attached hydrogens (primary N) is 1. The first kappa shape index (κ1) is 17.3. The monoisotopic (exact) mass is 349 g/mol. The van der Waals surface area contributed by atoms with E-state index in [4.69, 9.17) is 31.0 Å². The molecule has 0 aliphatic carbocycles. The second-order valence-corrected chi connectivity index (χ2v) is 7.86. The predicted octanol–water partition coefficient (Wildman–Crippen LogP) is -0.274. The summed E-state index contributed by atoms with van der Waals surface area (Å²) in [5.41, 5.74) is 0.731. The first-order chi connectivity index (χ1) is 10.2. The minimum atomic E-state index is -3.39. The van der Waals surface area contributed by atoms with Crippen LogP contribution in [0.2, 0.25) is 0 Å². The van der Waals surface area contributed by atoms with Crippen LogP contribution >= 0.6 is 6.72 Å². The molecule has 10 heteroatoms. The Labute approximate surface area is 133 Å². The lowest BCUT2D eigenvalue weighted by atomic mass is 10.2. The molecule has 122 valence electrons. The number of carbonyl (C=O) groups excluding carboxylic acids is 1. The molecular weight excluding hydrogens is 329 g/mol. The largest absolute Gasteiger partial charge is 0.516 e. The number of hydrogen-bond donors (Lipinski definition) is 3. The Bertz CT molecular complexity index is 634. The van der Waals surface area contributed by atoms with Crippen LogP contribution < -0.4 is 10.7 Å². The van der Waals surface area contributed by atoms with Gasteiger partial charge in [-0.15, -0.1) is 4.48 Å². The van der Waals surface area contributed by atoms with Crippen LogP contribution in [0.5, 0.6) is 0 Å². The van der Waals surface area contributed by atoms with E-state index >= 15 is 0 Å². The van der Waals surface area contributed by atoms with Gasteiger partial charge in [0.15, 0.2) is 5.76 Å². The number of carbonyl (C=O) groups is 1. The molecule has 0 aromatic carbocycles. The molecule has 0 saturated carbocycles. The van der Waals surface area contributed by atoms with E-state index in [0.717, 1.165) is 5.57 Å². The van der Waals surface area contributed by atoms with Crippen LogP contribution in [0.1, 0.15) is 13.8 Å². The van der Waals surface area contributed by atoms with E-state index in [9.17, 15) is 9.69 Å². The van der Waals surface area contributed by atoms with Crippen molar-refractivity contribution in [3.63, 3.8) is 0 Å². The van der Waals surface area contributed by atoms with Crippen LogP contribution in [-0.2, 0) is 25.6 Å². The average Bonchev–Trinajstić information content (AvgIpc) is 3.11. The van der Waals surface area contributed by atoms with E-state index < -0.39 is 19.0 Å². The molecule has 2 aliphatic rings. The van der Waals surface area contributed by atoms with E-state index in [1.54, 1.807) is 26.1 Å². The van der Waals surface area contributed by atoms with Crippen molar-refractivity contribution < 1.29 is 33.4 Å². The van der Waals surface area contributed by atoms with Gasteiger partial charge in [-0.2, -0.15) is 10.1 Å². The highest BCUT2D eigenvalue weighted by Gasteiger charge is 2.78. The highest BCUT2D eigenvalue weighted by molar-refractivity contribution is 8.07. The maximum absolute atomic E-state index is 12.4. The normalized spacial score (nSPS) is 34.0. The number of amides is 2. The van der Waals surface area contributed by atoms with Crippen molar-refractivity contribution in [3.05, 3.63) is 23.6 Å². The molecule has 0 aromatic rings. The Hall–Kier alpha value is -1.09. The molecule has 22 heavy (non-hydrogen) atoms. The highest BCUT2D eigenvalue weighted by atomic mass is 32.5. The topological polar surface area (TPSA) is 103 Å². The third-order valence-electron chi connectivity index (χ3n) is 3.76. The lowest BCUT2D eigenvalue weighted by molar-refractivity contribution is -0.699. The molecular formula is C12H20N3O5PS+2. The van der Waals surface area contributed by atoms with Gasteiger partial charge < -0.3 is 18.7 Å². The number of methoxy groups -OCH3 is 1. The van der Waals surface area contributed by atoms with E-state index in [1.807, 2.05) is 0 Å².